The van der Waals surface area contributed by atoms with Crippen molar-refractivity contribution in [2.45, 2.75) is 25.8 Å². The van der Waals surface area contributed by atoms with Crippen molar-refractivity contribution in [2.24, 2.45) is 0 Å². The molecule has 1 N–H and O–H groups in total. The molecule has 4 nitrogen and oxygen atoms in total. The third-order valence-corrected chi connectivity index (χ3v) is 4.75. The molecule has 142 valence electrons. The molecule has 0 fully saturated rings. The Hall–Kier alpha value is -2.72. The van der Waals surface area contributed by atoms with Crippen LogP contribution in [-0.2, 0) is 6.54 Å². The molecule has 0 saturated carbocycles. The number of benzene rings is 2. The molecule has 2 aromatic carbocycles. The lowest BCUT2D eigenvalue weighted by molar-refractivity contribution is 0.354. The summed E-state index contributed by atoms with van der Waals surface area (Å²) in [5.74, 6) is 2.76. The first-order chi connectivity index (χ1) is 13.2. The standard InChI is InChI=1S/C23H27NO3/c1-17-6-9-19(10-7-17)20(21-5-4-14-27-21)12-13-24-16-18-8-11-22(25-2)23(15-18)26-3/h4-11,14-15,20,24H,12-13,16H2,1-3H3/t20-/m0/s1. The van der Waals surface area contributed by atoms with Crippen LogP contribution < -0.4 is 14.8 Å². The number of aryl methyl sites for hydroxylation is 1. The van der Waals surface area contributed by atoms with E-state index in [9.17, 15) is 0 Å². The van der Waals surface area contributed by atoms with Gasteiger partial charge in [0, 0.05) is 12.5 Å². The second kappa shape index (κ2) is 9.28. The molecule has 1 atom stereocenters. The quantitative estimate of drug-likeness (QED) is 0.547. The van der Waals surface area contributed by atoms with Crippen LogP contribution in [0.2, 0.25) is 0 Å². The number of hydrogen-bond acceptors (Lipinski definition) is 4. The first-order valence-electron chi connectivity index (χ1n) is 9.23. The van der Waals surface area contributed by atoms with Gasteiger partial charge in [-0.05, 0) is 55.3 Å². The average molecular weight is 365 g/mol. The van der Waals surface area contributed by atoms with E-state index in [4.69, 9.17) is 13.9 Å². The van der Waals surface area contributed by atoms with Crippen LogP contribution >= 0.6 is 0 Å². The van der Waals surface area contributed by atoms with E-state index in [0.717, 1.165) is 42.3 Å². The molecule has 0 aliphatic heterocycles. The lowest BCUT2D eigenvalue weighted by atomic mass is 9.92. The third-order valence-electron chi connectivity index (χ3n) is 4.75. The van der Waals surface area contributed by atoms with Crippen molar-refractivity contribution in [3.63, 3.8) is 0 Å². The fourth-order valence-electron chi connectivity index (χ4n) is 3.23. The monoisotopic (exact) mass is 365 g/mol. The largest absolute Gasteiger partial charge is 0.493 e. The number of methoxy groups -OCH3 is 2. The van der Waals surface area contributed by atoms with Crippen LogP contribution in [0.25, 0.3) is 0 Å². The molecule has 27 heavy (non-hydrogen) atoms. The topological polar surface area (TPSA) is 43.6 Å². The fraction of sp³-hybridized carbons (Fsp3) is 0.304. The fourth-order valence-corrected chi connectivity index (χ4v) is 3.23. The molecule has 3 rings (SSSR count). The Bertz CT molecular complexity index is 825. The SMILES string of the molecule is COc1ccc(CNCC[C@@H](c2ccc(C)cc2)c2ccco2)cc1OC. The smallest absolute Gasteiger partial charge is 0.161 e. The van der Waals surface area contributed by atoms with Gasteiger partial charge >= 0.3 is 0 Å². The number of furan rings is 1. The molecule has 0 aliphatic carbocycles. The van der Waals surface area contributed by atoms with Crippen molar-refractivity contribution in [1.82, 2.24) is 5.32 Å². The first-order valence-corrected chi connectivity index (χ1v) is 9.23. The highest BCUT2D eigenvalue weighted by Gasteiger charge is 2.16. The molecule has 4 heteroatoms. The highest BCUT2D eigenvalue weighted by Crippen LogP contribution is 2.29. The molecule has 1 aromatic heterocycles. The Morgan fingerprint density at radius 2 is 1.74 bits per heavy atom. The Morgan fingerprint density at radius 3 is 2.41 bits per heavy atom. The van der Waals surface area contributed by atoms with Crippen LogP contribution in [0.1, 0.15) is 34.8 Å². The predicted molar refractivity (Wildman–Crippen MR) is 108 cm³/mol. The summed E-state index contributed by atoms with van der Waals surface area (Å²) in [7, 11) is 3.31. The van der Waals surface area contributed by atoms with Crippen molar-refractivity contribution < 1.29 is 13.9 Å². The summed E-state index contributed by atoms with van der Waals surface area (Å²) in [6, 6.07) is 18.7. The molecule has 1 heterocycles. The van der Waals surface area contributed by atoms with Gasteiger partial charge in [-0.25, -0.2) is 0 Å². The van der Waals surface area contributed by atoms with Gasteiger partial charge in [-0.3, -0.25) is 0 Å². The summed E-state index contributed by atoms with van der Waals surface area (Å²) < 4.78 is 16.4. The van der Waals surface area contributed by atoms with E-state index in [1.54, 1.807) is 20.5 Å². The first kappa shape index (κ1) is 19.1. The predicted octanol–water partition coefficient (Wildman–Crippen LogP) is 4.92. The van der Waals surface area contributed by atoms with Crippen LogP contribution in [0.15, 0.2) is 65.3 Å². The summed E-state index contributed by atoms with van der Waals surface area (Å²) in [5, 5.41) is 3.53. The zero-order valence-electron chi connectivity index (χ0n) is 16.2. The normalized spacial score (nSPS) is 12.0. The minimum Gasteiger partial charge on any atom is -0.493 e. The zero-order chi connectivity index (χ0) is 19.1. The number of hydrogen-bond donors (Lipinski definition) is 1. The van der Waals surface area contributed by atoms with E-state index in [1.807, 2.05) is 18.2 Å². The molecular weight excluding hydrogens is 338 g/mol. The molecular formula is C23H27NO3. The maximum absolute atomic E-state index is 5.69. The van der Waals surface area contributed by atoms with Crippen LogP contribution in [0, 0.1) is 6.92 Å². The van der Waals surface area contributed by atoms with Gasteiger partial charge in [0.25, 0.3) is 0 Å². The minimum absolute atomic E-state index is 0.249. The second-order valence-electron chi connectivity index (χ2n) is 6.63. The number of ether oxygens (including phenoxy) is 2. The van der Waals surface area contributed by atoms with Gasteiger partial charge in [-0.15, -0.1) is 0 Å². The van der Waals surface area contributed by atoms with E-state index in [2.05, 4.69) is 48.6 Å². The summed E-state index contributed by atoms with van der Waals surface area (Å²) in [5.41, 5.74) is 3.71. The maximum Gasteiger partial charge on any atom is 0.161 e. The summed E-state index contributed by atoms with van der Waals surface area (Å²) in [6.07, 6.45) is 2.71. The van der Waals surface area contributed by atoms with Crippen LogP contribution in [-0.4, -0.2) is 20.8 Å². The summed E-state index contributed by atoms with van der Waals surface area (Å²) in [6.45, 7) is 3.77. The van der Waals surface area contributed by atoms with Gasteiger partial charge in [-0.2, -0.15) is 0 Å². The van der Waals surface area contributed by atoms with Gasteiger partial charge in [0.15, 0.2) is 11.5 Å². The second-order valence-corrected chi connectivity index (χ2v) is 6.63. The van der Waals surface area contributed by atoms with Crippen molar-refractivity contribution in [3.05, 3.63) is 83.3 Å². The number of nitrogens with one attached hydrogen (secondary N) is 1. The van der Waals surface area contributed by atoms with Gasteiger partial charge < -0.3 is 19.2 Å². The highest BCUT2D eigenvalue weighted by molar-refractivity contribution is 5.42. The van der Waals surface area contributed by atoms with Gasteiger partial charge in [-0.1, -0.05) is 35.9 Å². The Morgan fingerprint density at radius 1 is 0.963 bits per heavy atom. The van der Waals surface area contributed by atoms with Crippen LogP contribution in [0.3, 0.4) is 0 Å². The van der Waals surface area contributed by atoms with Crippen LogP contribution in [0.5, 0.6) is 11.5 Å². The molecule has 0 spiro atoms. The molecule has 3 aromatic rings. The van der Waals surface area contributed by atoms with Crippen molar-refractivity contribution >= 4 is 0 Å². The van der Waals surface area contributed by atoms with E-state index < -0.39 is 0 Å². The van der Waals surface area contributed by atoms with E-state index >= 15 is 0 Å². The van der Waals surface area contributed by atoms with Crippen molar-refractivity contribution in [1.29, 1.82) is 0 Å². The van der Waals surface area contributed by atoms with Crippen molar-refractivity contribution in [3.8, 4) is 11.5 Å². The lowest BCUT2D eigenvalue weighted by Crippen LogP contribution is -2.17. The Labute approximate surface area is 161 Å². The molecule has 0 amide bonds. The van der Waals surface area contributed by atoms with E-state index in [-0.39, 0.29) is 5.92 Å². The molecule has 0 saturated heterocycles. The van der Waals surface area contributed by atoms with Gasteiger partial charge in [0.2, 0.25) is 0 Å². The molecule has 0 unspecified atom stereocenters. The van der Waals surface area contributed by atoms with Gasteiger partial charge in [0.05, 0.1) is 20.5 Å². The molecule has 0 radical (unpaired) electrons. The Kier molecular flexibility index (Phi) is 6.55. The zero-order valence-corrected chi connectivity index (χ0v) is 16.2. The Balaban J connectivity index is 1.61. The number of rotatable bonds is 9. The van der Waals surface area contributed by atoms with Crippen molar-refractivity contribution in [2.75, 3.05) is 20.8 Å². The summed E-state index contributed by atoms with van der Waals surface area (Å²) in [4.78, 5) is 0. The third kappa shape index (κ3) is 4.92. The van der Waals surface area contributed by atoms with E-state index in [0.29, 0.717) is 0 Å². The van der Waals surface area contributed by atoms with Gasteiger partial charge in [0.1, 0.15) is 5.76 Å². The highest BCUT2D eigenvalue weighted by atomic mass is 16.5. The average Bonchev–Trinajstić information content (AvgIpc) is 3.23. The van der Waals surface area contributed by atoms with E-state index in [1.165, 1.54) is 11.1 Å². The molecule has 0 aliphatic rings. The summed E-state index contributed by atoms with van der Waals surface area (Å²) >= 11 is 0. The minimum atomic E-state index is 0.249. The lowest BCUT2D eigenvalue weighted by Gasteiger charge is -2.16. The molecule has 0 bridgehead atoms. The van der Waals surface area contributed by atoms with Crippen LogP contribution in [0.4, 0.5) is 0 Å². The maximum atomic E-state index is 5.69.